The molecular formula is C26H33N3O2. The summed E-state index contributed by atoms with van der Waals surface area (Å²) in [7, 11) is 0. The smallest absolute Gasteiger partial charge is 0.253 e. The molecule has 0 spiro atoms. The van der Waals surface area contributed by atoms with Gasteiger partial charge in [-0.05, 0) is 61.1 Å². The number of hydrogen-bond acceptors (Lipinski definition) is 4. The summed E-state index contributed by atoms with van der Waals surface area (Å²) in [6.45, 7) is 3.86. The fraction of sp³-hybridized carbons (Fsp3) is 0.538. The average Bonchev–Trinajstić information content (AvgIpc) is 3.27. The van der Waals surface area contributed by atoms with Crippen LogP contribution >= 0.6 is 0 Å². The number of carbonyl (C=O) groups excluding carboxylic acids is 1. The minimum absolute atomic E-state index is 0.0951. The number of amides is 1. The van der Waals surface area contributed by atoms with E-state index >= 15 is 0 Å². The summed E-state index contributed by atoms with van der Waals surface area (Å²) < 4.78 is 6.36. The summed E-state index contributed by atoms with van der Waals surface area (Å²) in [6, 6.07) is 11.1. The van der Waals surface area contributed by atoms with E-state index in [1.807, 2.05) is 4.90 Å². The number of likely N-dealkylation sites (tertiary alicyclic amines) is 1. The Morgan fingerprint density at radius 1 is 0.871 bits per heavy atom. The van der Waals surface area contributed by atoms with Gasteiger partial charge in [-0.25, -0.2) is 0 Å². The van der Waals surface area contributed by atoms with Crippen LogP contribution in [-0.2, 0) is 12.8 Å². The molecule has 3 heterocycles. The lowest BCUT2D eigenvalue weighted by Crippen LogP contribution is -2.41. The molecule has 2 fully saturated rings. The number of ether oxygens (including phenoxy) is 1. The lowest BCUT2D eigenvalue weighted by atomic mass is 10.0. The topological polar surface area (TPSA) is 45.7 Å². The molecule has 1 saturated heterocycles. The molecule has 1 aromatic heterocycles. The summed E-state index contributed by atoms with van der Waals surface area (Å²) in [5, 5.41) is 0. The predicted octanol–water partition coefficient (Wildman–Crippen LogP) is 4.11. The number of pyridine rings is 1. The second-order valence-corrected chi connectivity index (χ2v) is 9.25. The van der Waals surface area contributed by atoms with Crippen molar-refractivity contribution in [2.75, 3.05) is 26.2 Å². The van der Waals surface area contributed by atoms with Gasteiger partial charge < -0.3 is 9.64 Å². The number of nitrogens with zero attached hydrogens (tertiary/aromatic N) is 3. The van der Waals surface area contributed by atoms with Crippen LogP contribution in [0.2, 0.25) is 0 Å². The molecule has 2 aliphatic heterocycles. The van der Waals surface area contributed by atoms with Crippen LogP contribution in [0.15, 0.2) is 42.7 Å². The van der Waals surface area contributed by atoms with Gasteiger partial charge in [0.1, 0.15) is 11.9 Å². The van der Waals surface area contributed by atoms with Crippen LogP contribution in [0.25, 0.3) is 0 Å². The molecule has 164 valence electrons. The maximum atomic E-state index is 12.6. The Morgan fingerprint density at radius 3 is 2.32 bits per heavy atom. The standard InChI is InChI=1S/C26H33N3O2/c30-26(21-7-13-27-14-8-21)29-17-11-24(12-18-29)31-25-6-5-20-9-15-28(16-10-22(20)19-25)23-3-1-2-4-23/h5-8,13-14,19,23-24H,1-4,9-12,15-18H2. The third-order valence-corrected chi connectivity index (χ3v) is 7.31. The van der Waals surface area contributed by atoms with Crippen molar-refractivity contribution in [1.29, 1.82) is 0 Å². The summed E-state index contributed by atoms with van der Waals surface area (Å²) in [4.78, 5) is 21.3. The summed E-state index contributed by atoms with van der Waals surface area (Å²) in [6.07, 6.45) is 13.1. The Hall–Kier alpha value is -2.40. The zero-order valence-corrected chi connectivity index (χ0v) is 18.3. The Balaban J connectivity index is 1.16. The third-order valence-electron chi connectivity index (χ3n) is 7.31. The minimum atomic E-state index is 0.0951. The highest BCUT2D eigenvalue weighted by atomic mass is 16.5. The molecule has 1 saturated carbocycles. The Bertz CT molecular complexity index is 887. The molecule has 0 radical (unpaired) electrons. The SMILES string of the molecule is O=C(c1ccncc1)N1CCC(Oc2ccc3c(c2)CCN(C2CCCC2)CC3)CC1. The van der Waals surface area contributed by atoms with Crippen LogP contribution in [0.1, 0.15) is 60.0 Å². The monoisotopic (exact) mass is 419 g/mol. The molecule has 5 rings (SSSR count). The molecule has 0 atom stereocenters. The summed E-state index contributed by atoms with van der Waals surface area (Å²) >= 11 is 0. The van der Waals surface area contributed by atoms with Crippen molar-refractivity contribution >= 4 is 5.91 Å². The first-order valence-corrected chi connectivity index (χ1v) is 12.0. The lowest BCUT2D eigenvalue weighted by Gasteiger charge is -2.32. The summed E-state index contributed by atoms with van der Waals surface area (Å²) in [5.41, 5.74) is 3.67. The molecule has 0 N–H and O–H groups in total. The molecule has 5 heteroatoms. The Morgan fingerprint density at radius 2 is 1.58 bits per heavy atom. The van der Waals surface area contributed by atoms with Gasteiger partial charge in [-0.1, -0.05) is 18.9 Å². The highest BCUT2D eigenvalue weighted by molar-refractivity contribution is 5.94. The van der Waals surface area contributed by atoms with Crippen LogP contribution in [0.4, 0.5) is 0 Å². The largest absolute Gasteiger partial charge is 0.490 e. The second-order valence-electron chi connectivity index (χ2n) is 9.25. The molecule has 0 bridgehead atoms. The van der Waals surface area contributed by atoms with Crippen molar-refractivity contribution in [3.8, 4) is 5.75 Å². The van der Waals surface area contributed by atoms with Crippen molar-refractivity contribution < 1.29 is 9.53 Å². The highest BCUT2D eigenvalue weighted by Crippen LogP contribution is 2.28. The normalized spacial score (nSPS) is 21.0. The number of piperidine rings is 1. The minimum Gasteiger partial charge on any atom is -0.490 e. The van der Waals surface area contributed by atoms with Crippen molar-refractivity contribution in [3.63, 3.8) is 0 Å². The van der Waals surface area contributed by atoms with Crippen LogP contribution < -0.4 is 4.74 Å². The van der Waals surface area contributed by atoms with Gasteiger partial charge >= 0.3 is 0 Å². The van der Waals surface area contributed by atoms with E-state index in [-0.39, 0.29) is 12.0 Å². The second kappa shape index (κ2) is 9.39. The molecule has 3 aliphatic rings. The highest BCUT2D eigenvalue weighted by Gasteiger charge is 2.26. The van der Waals surface area contributed by atoms with Crippen LogP contribution in [0, 0.1) is 0 Å². The molecule has 31 heavy (non-hydrogen) atoms. The maximum Gasteiger partial charge on any atom is 0.253 e. The molecular weight excluding hydrogens is 386 g/mol. The predicted molar refractivity (Wildman–Crippen MR) is 121 cm³/mol. The van der Waals surface area contributed by atoms with E-state index in [9.17, 15) is 4.79 Å². The van der Waals surface area contributed by atoms with Gasteiger partial charge in [-0.2, -0.15) is 0 Å². The third kappa shape index (κ3) is 4.77. The lowest BCUT2D eigenvalue weighted by molar-refractivity contribution is 0.0595. The quantitative estimate of drug-likeness (QED) is 0.748. The van der Waals surface area contributed by atoms with E-state index in [0.717, 1.165) is 50.6 Å². The van der Waals surface area contributed by atoms with E-state index in [4.69, 9.17) is 4.74 Å². The number of benzene rings is 1. The van der Waals surface area contributed by atoms with E-state index in [1.54, 1.807) is 24.5 Å². The zero-order chi connectivity index (χ0) is 21.0. The van der Waals surface area contributed by atoms with Crippen molar-refractivity contribution in [1.82, 2.24) is 14.8 Å². The number of aromatic nitrogens is 1. The van der Waals surface area contributed by atoms with Crippen molar-refractivity contribution in [2.45, 2.75) is 63.5 Å². The van der Waals surface area contributed by atoms with E-state index in [1.165, 1.54) is 49.9 Å². The van der Waals surface area contributed by atoms with Gasteiger partial charge in [0, 0.05) is 63.0 Å². The van der Waals surface area contributed by atoms with Crippen LogP contribution in [-0.4, -0.2) is 59.0 Å². The van der Waals surface area contributed by atoms with Crippen LogP contribution in [0.3, 0.4) is 0 Å². The molecule has 1 aromatic carbocycles. The fourth-order valence-electron chi connectivity index (χ4n) is 5.47. The first kappa shape index (κ1) is 20.5. The van der Waals surface area contributed by atoms with Crippen LogP contribution in [0.5, 0.6) is 5.75 Å². The van der Waals surface area contributed by atoms with Crippen molar-refractivity contribution in [3.05, 3.63) is 59.4 Å². The number of rotatable bonds is 4. The molecule has 0 unspecified atom stereocenters. The van der Waals surface area contributed by atoms with Gasteiger partial charge in [-0.15, -0.1) is 0 Å². The van der Waals surface area contributed by atoms with Gasteiger partial charge in [0.05, 0.1) is 0 Å². The maximum absolute atomic E-state index is 12.6. The number of hydrogen-bond donors (Lipinski definition) is 0. The first-order chi connectivity index (χ1) is 15.3. The van der Waals surface area contributed by atoms with Crippen molar-refractivity contribution in [2.24, 2.45) is 0 Å². The Kier molecular flexibility index (Phi) is 6.21. The fourth-order valence-corrected chi connectivity index (χ4v) is 5.47. The van der Waals surface area contributed by atoms with Gasteiger partial charge in [0.25, 0.3) is 5.91 Å². The molecule has 2 aromatic rings. The molecule has 1 aliphatic carbocycles. The summed E-state index contributed by atoms with van der Waals surface area (Å²) in [5.74, 6) is 1.09. The number of fused-ring (bicyclic) bond motifs is 1. The zero-order valence-electron chi connectivity index (χ0n) is 18.3. The van der Waals surface area contributed by atoms with E-state index < -0.39 is 0 Å². The number of carbonyl (C=O) groups is 1. The molecule has 5 nitrogen and oxygen atoms in total. The van der Waals surface area contributed by atoms with E-state index in [0.29, 0.717) is 5.56 Å². The Labute approximate surface area is 185 Å². The van der Waals surface area contributed by atoms with Gasteiger partial charge in [0.15, 0.2) is 0 Å². The first-order valence-electron chi connectivity index (χ1n) is 12.0. The van der Waals surface area contributed by atoms with Gasteiger partial charge in [0.2, 0.25) is 0 Å². The average molecular weight is 420 g/mol. The molecule has 1 amide bonds. The van der Waals surface area contributed by atoms with Gasteiger partial charge in [-0.3, -0.25) is 14.7 Å². The van der Waals surface area contributed by atoms with E-state index in [2.05, 4.69) is 28.1 Å².